The van der Waals surface area contributed by atoms with Crippen molar-refractivity contribution >= 4 is 40.4 Å². The summed E-state index contributed by atoms with van der Waals surface area (Å²) in [5.41, 5.74) is 2.02. The topological polar surface area (TPSA) is 41.1 Å². The zero-order chi connectivity index (χ0) is 14.2. The molecule has 3 nitrogen and oxygen atoms in total. The summed E-state index contributed by atoms with van der Waals surface area (Å²) < 4.78 is 0. The number of carbonyl (C=O) groups excluding carboxylic acids is 1. The van der Waals surface area contributed by atoms with Gasteiger partial charge in [0, 0.05) is 15.5 Å². The molecule has 1 aromatic carbocycles. The fraction of sp³-hybridized carbons (Fsp3) is 0.312. The predicted molar refractivity (Wildman–Crippen MR) is 89.2 cm³/mol. The van der Waals surface area contributed by atoms with E-state index in [-0.39, 0.29) is 5.91 Å². The molecule has 5 heteroatoms. The van der Waals surface area contributed by atoms with Crippen molar-refractivity contribution in [2.45, 2.75) is 23.8 Å². The van der Waals surface area contributed by atoms with E-state index < -0.39 is 0 Å². The molecule has 1 amide bonds. The lowest BCUT2D eigenvalue weighted by Gasteiger charge is -2.21. The highest BCUT2D eigenvalue weighted by atomic mass is 32.2. The van der Waals surface area contributed by atoms with E-state index in [0.717, 1.165) is 22.2 Å². The van der Waals surface area contributed by atoms with E-state index in [4.69, 9.17) is 0 Å². The van der Waals surface area contributed by atoms with Crippen molar-refractivity contribution in [3.05, 3.63) is 40.6 Å². The number of thiophene rings is 1. The summed E-state index contributed by atoms with van der Waals surface area (Å²) in [7, 11) is 0. The van der Waals surface area contributed by atoms with E-state index in [9.17, 15) is 4.79 Å². The molecule has 1 atom stereocenters. The molecule has 1 aliphatic carbocycles. The number of fused-ring (bicyclic) bond motifs is 1. The van der Waals surface area contributed by atoms with E-state index in [2.05, 4.69) is 46.3 Å². The summed E-state index contributed by atoms with van der Waals surface area (Å²) in [5.74, 6) is 1.34. The monoisotopic (exact) mass is 316 g/mol. The number of nitrogens with one attached hydrogen (secondary N) is 2. The first-order chi connectivity index (χ1) is 10.3. The minimum Gasteiger partial charge on any atom is -0.377 e. The molecule has 1 fully saturated rings. The average molecular weight is 316 g/mol. The van der Waals surface area contributed by atoms with Crippen molar-refractivity contribution in [3.63, 3.8) is 0 Å². The van der Waals surface area contributed by atoms with Crippen molar-refractivity contribution in [1.82, 2.24) is 0 Å². The van der Waals surface area contributed by atoms with E-state index in [1.807, 2.05) is 11.3 Å². The number of rotatable bonds is 4. The fourth-order valence-electron chi connectivity index (χ4n) is 2.67. The maximum Gasteiger partial charge on any atom is 0.234 e. The Balaban J connectivity index is 1.58. The van der Waals surface area contributed by atoms with Gasteiger partial charge in [0.2, 0.25) is 5.91 Å². The highest BCUT2D eigenvalue weighted by molar-refractivity contribution is 8.00. The molecular weight excluding hydrogens is 300 g/mol. The van der Waals surface area contributed by atoms with Gasteiger partial charge in [-0.15, -0.1) is 23.1 Å². The van der Waals surface area contributed by atoms with Crippen LogP contribution in [0.5, 0.6) is 0 Å². The summed E-state index contributed by atoms with van der Waals surface area (Å²) in [6.45, 7) is 0. The average Bonchev–Trinajstić information content (AvgIpc) is 3.18. The third-order valence-electron chi connectivity index (χ3n) is 3.88. The molecule has 2 aliphatic rings. The predicted octanol–water partition coefficient (Wildman–Crippen LogP) is 4.36. The third kappa shape index (κ3) is 2.80. The molecule has 0 radical (unpaired) electrons. The maximum atomic E-state index is 11.5. The normalized spacial score (nSPS) is 18.8. The Kier molecular flexibility index (Phi) is 3.39. The Morgan fingerprint density at radius 1 is 1.29 bits per heavy atom. The molecule has 2 N–H and O–H groups in total. The quantitative estimate of drug-likeness (QED) is 0.881. The van der Waals surface area contributed by atoms with Crippen LogP contribution in [-0.2, 0) is 4.79 Å². The van der Waals surface area contributed by atoms with Crippen molar-refractivity contribution in [1.29, 1.82) is 0 Å². The van der Waals surface area contributed by atoms with Crippen LogP contribution in [-0.4, -0.2) is 11.7 Å². The summed E-state index contributed by atoms with van der Waals surface area (Å²) in [6.07, 6.45) is 2.60. The number of carbonyl (C=O) groups is 1. The van der Waals surface area contributed by atoms with Gasteiger partial charge >= 0.3 is 0 Å². The first-order valence-corrected chi connectivity index (χ1v) is 9.03. The Hall–Kier alpha value is -1.46. The van der Waals surface area contributed by atoms with Gasteiger partial charge in [-0.25, -0.2) is 0 Å². The van der Waals surface area contributed by atoms with Crippen molar-refractivity contribution in [3.8, 4) is 0 Å². The minimum absolute atomic E-state index is 0.0849. The fourth-order valence-corrected chi connectivity index (χ4v) is 4.33. The largest absolute Gasteiger partial charge is 0.377 e. The molecule has 1 aliphatic heterocycles. The lowest BCUT2D eigenvalue weighted by Crippen LogP contribution is -2.19. The summed E-state index contributed by atoms with van der Waals surface area (Å²) in [5, 5.41) is 8.75. The molecule has 1 unspecified atom stereocenters. The molecule has 108 valence electrons. The molecule has 1 aromatic heterocycles. The standard InChI is InChI=1S/C16H16N2OS2/c19-15-9-21-13-6-5-11(8-12(13)18-15)17-16(10-3-4-10)14-2-1-7-20-14/h1-2,5-8,10,16-17H,3-4,9H2,(H,18,19). The molecule has 21 heavy (non-hydrogen) atoms. The third-order valence-corrected chi connectivity index (χ3v) is 5.91. The first-order valence-electron chi connectivity index (χ1n) is 7.16. The van der Waals surface area contributed by atoms with Crippen LogP contribution in [0.4, 0.5) is 11.4 Å². The maximum absolute atomic E-state index is 11.5. The minimum atomic E-state index is 0.0849. The zero-order valence-corrected chi connectivity index (χ0v) is 13.1. The second-order valence-corrected chi connectivity index (χ2v) is 7.52. The second kappa shape index (κ2) is 5.39. The van der Waals surface area contributed by atoms with Crippen molar-refractivity contribution in [2.75, 3.05) is 16.4 Å². The van der Waals surface area contributed by atoms with Gasteiger partial charge in [-0.2, -0.15) is 0 Å². The van der Waals surface area contributed by atoms with Gasteiger partial charge in [0.1, 0.15) is 0 Å². The van der Waals surface area contributed by atoms with Crippen molar-refractivity contribution < 1.29 is 4.79 Å². The smallest absolute Gasteiger partial charge is 0.234 e. The summed E-state index contributed by atoms with van der Waals surface area (Å²) in [6, 6.07) is 11.0. The Bertz CT molecular complexity index is 665. The van der Waals surface area contributed by atoms with Crippen LogP contribution < -0.4 is 10.6 Å². The van der Waals surface area contributed by atoms with Crippen LogP contribution in [0.1, 0.15) is 23.8 Å². The SMILES string of the molecule is O=C1CSc2ccc(NC(c3cccs3)C3CC3)cc2N1. The molecule has 2 heterocycles. The Morgan fingerprint density at radius 3 is 2.95 bits per heavy atom. The van der Waals surface area contributed by atoms with E-state index in [1.165, 1.54) is 17.7 Å². The number of anilines is 2. The van der Waals surface area contributed by atoms with Crippen LogP contribution >= 0.6 is 23.1 Å². The second-order valence-electron chi connectivity index (χ2n) is 5.52. The Morgan fingerprint density at radius 2 is 2.19 bits per heavy atom. The van der Waals surface area contributed by atoms with E-state index in [1.54, 1.807) is 11.8 Å². The van der Waals surface area contributed by atoms with Gasteiger partial charge in [-0.1, -0.05) is 6.07 Å². The van der Waals surface area contributed by atoms with Crippen LogP contribution in [0.2, 0.25) is 0 Å². The molecular formula is C16H16N2OS2. The number of thioether (sulfide) groups is 1. The highest BCUT2D eigenvalue weighted by Gasteiger charge is 2.33. The number of benzene rings is 1. The van der Waals surface area contributed by atoms with Crippen LogP contribution in [0, 0.1) is 5.92 Å². The molecule has 0 bridgehead atoms. The van der Waals surface area contributed by atoms with Gasteiger partial charge in [-0.05, 0) is 48.4 Å². The zero-order valence-electron chi connectivity index (χ0n) is 11.5. The number of hydrogen-bond donors (Lipinski definition) is 2. The molecule has 0 spiro atoms. The lowest BCUT2D eigenvalue weighted by atomic mass is 10.1. The van der Waals surface area contributed by atoms with Crippen LogP contribution in [0.3, 0.4) is 0 Å². The summed E-state index contributed by atoms with van der Waals surface area (Å²) >= 11 is 3.41. The molecule has 4 rings (SSSR count). The van der Waals surface area contributed by atoms with E-state index >= 15 is 0 Å². The number of hydrogen-bond acceptors (Lipinski definition) is 4. The van der Waals surface area contributed by atoms with Gasteiger partial charge in [0.05, 0.1) is 17.5 Å². The molecule has 0 saturated heterocycles. The van der Waals surface area contributed by atoms with Crippen LogP contribution in [0.15, 0.2) is 40.6 Å². The lowest BCUT2D eigenvalue weighted by molar-refractivity contribution is -0.113. The van der Waals surface area contributed by atoms with Crippen LogP contribution in [0.25, 0.3) is 0 Å². The van der Waals surface area contributed by atoms with Crippen molar-refractivity contribution in [2.24, 2.45) is 5.92 Å². The van der Waals surface area contributed by atoms with Gasteiger partial charge in [-0.3, -0.25) is 4.79 Å². The highest BCUT2D eigenvalue weighted by Crippen LogP contribution is 2.44. The molecule has 2 aromatic rings. The van der Waals surface area contributed by atoms with Gasteiger partial charge in [0.25, 0.3) is 0 Å². The Labute approximate surface area is 132 Å². The summed E-state index contributed by atoms with van der Waals surface area (Å²) in [4.78, 5) is 14.1. The van der Waals surface area contributed by atoms with E-state index in [0.29, 0.717) is 11.8 Å². The van der Waals surface area contributed by atoms with Gasteiger partial charge in [0.15, 0.2) is 0 Å². The molecule has 1 saturated carbocycles. The number of amides is 1. The first kappa shape index (κ1) is 13.2. The van der Waals surface area contributed by atoms with Gasteiger partial charge < -0.3 is 10.6 Å².